The molecule has 1 aromatic heterocycles. The summed E-state index contributed by atoms with van der Waals surface area (Å²) in [6.45, 7) is 4.17. The van der Waals surface area contributed by atoms with Gasteiger partial charge < -0.3 is 5.32 Å². The molecule has 0 aliphatic rings. The second kappa shape index (κ2) is 5.33. The molecule has 90 valence electrons. The Bertz CT molecular complexity index is 584. The fraction of sp³-hybridized carbons (Fsp3) is 0.200. The van der Waals surface area contributed by atoms with E-state index < -0.39 is 0 Å². The minimum Gasteiger partial charge on any atom is -0.376 e. The lowest BCUT2D eigenvalue weighted by Gasteiger charge is -2.18. The van der Waals surface area contributed by atoms with Gasteiger partial charge in [0.1, 0.15) is 6.07 Å². The zero-order valence-electron chi connectivity index (χ0n) is 10.5. The van der Waals surface area contributed by atoms with Gasteiger partial charge in [0.05, 0.1) is 17.4 Å². The fourth-order valence-electron chi connectivity index (χ4n) is 1.99. The molecule has 1 heterocycles. The van der Waals surface area contributed by atoms with Crippen LogP contribution in [0.15, 0.2) is 42.7 Å². The molecule has 0 aliphatic heterocycles. The molecule has 1 atom stereocenters. The third-order valence-corrected chi connectivity index (χ3v) is 2.97. The molecule has 1 N–H and O–H groups in total. The maximum atomic E-state index is 9.04. The first-order valence-electron chi connectivity index (χ1n) is 5.88. The summed E-state index contributed by atoms with van der Waals surface area (Å²) >= 11 is 0. The van der Waals surface area contributed by atoms with Crippen molar-refractivity contribution in [2.24, 2.45) is 0 Å². The first kappa shape index (κ1) is 12.1. The number of hydrogen-bond donors (Lipinski definition) is 1. The number of rotatable bonds is 3. The van der Waals surface area contributed by atoms with Crippen molar-refractivity contribution < 1.29 is 0 Å². The lowest BCUT2D eigenvalue weighted by Crippen LogP contribution is -2.09. The van der Waals surface area contributed by atoms with Gasteiger partial charge in [-0.1, -0.05) is 24.3 Å². The van der Waals surface area contributed by atoms with Crippen LogP contribution in [0.3, 0.4) is 0 Å². The van der Waals surface area contributed by atoms with Gasteiger partial charge in [-0.2, -0.15) is 5.26 Å². The number of nitrogens with one attached hydrogen (secondary N) is 1. The van der Waals surface area contributed by atoms with E-state index >= 15 is 0 Å². The van der Waals surface area contributed by atoms with Crippen molar-refractivity contribution in [1.82, 2.24) is 4.98 Å². The highest BCUT2D eigenvalue weighted by molar-refractivity contribution is 5.56. The molecule has 0 amide bonds. The summed E-state index contributed by atoms with van der Waals surface area (Å²) in [5.74, 6) is 0. The molecule has 0 fully saturated rings. The topological polar surface area (TPSA) is 48.7 Å². The van der Waals surface area contributed by atoms with Gasteiger partial charge in [0.2, 0.25) is 0 Å². The summed E-state index contributed by atoms with van der Waals surface area (Å²) in [4.78, 5) is 4.05. The third kappa shape index (κ3) is 2.49. The standard InChI is InChI=1S/C15H15N3/c1-11-5-3-4-6-14(11)12(2)18-15-10-17-8-7-13(15)9-16/h3-8,10,12,18H,1-2H3. The van der Waals surface area contributed by atoms with Crippen LogP contribution in [-0.4, -0.2) is 4.98 Å². The van der Waals surface area contributed by atoms with Gasteiger partial charge in [0.15, 0.2) is 0 Å². The van der Waals surface area contributed by atoms with E-state index in [0.29, 0.717) is 5.56 Å². The molecule has 2 aromatic rings. The summed E-state index contributed by atoms with van der Waals surface area (Å²) in [6.07, 6.45) is 3.31. The molecule has 0 aliphatic carbocycles. The van der Waals surface area contributed by atoms with Crippen molar-refractivity contribution >= 4 is 5.69 Å². The molecule has 2 rings (SSSR count). The molecule has 0 bridgehead atoms. The smallest absolute Gasteiger partial charge is 0.101 e. The van der Waals surface area contributed by atoms with Crippen LogP contribution in [0.5, 0.6) is 0 Å². The van der Waals surface area contributed by atoms with Crippen LogP contribution in [0.1, 0.15) is 29.7 Å². The predicted molar refractivity (Wildman–Crippen MR) is 72.2 cm³/mol. The zero-order valence-corrected chi connectivity index (χ0v) is 10.5. The molecule has 18 heavy (non-hydrogen) atoms. The van der Waals surface area contributed by atoms with Gasteiger partial charge in [-0.25, -0.2) is 0 Å². The maximum absolute atomic E-state index is 9.04. The van der Waals surface area contributed by atoms with Crippen LogP contribution in [0.2, 0.25) is 0 Å². The number of aryl methyl sites for hydroxylation is 1. The molecule has 0 spiro atoms. The molecular formula is C15H15N3. The van der Waals surface area contributed by atoms with Crippen molar-refractivity contribution in [2.75, 3.05) is 5.32 Å². The summed E-state index contributed by atoms with van der Waals surface area (Å²) < 4.78 is 0. The summed E-state index contributed by atoms with van der Waals surface area (Å²) in [5, 5.41) is 12.4. The Morgan fingerprint density at radius 1 is 1.28 bits per heavy atom. The highest BCUT2D eigenvalue weighted by Gasteiger charge is 2.09. The second-order valence-corrected chi connectivity index (χ2v) is 4.26. The molecule has 0 saturated heterocycles. The van der Waals surface area contributed by atoms with Crippen LogP contribution in [0, 0.1) is 18.3 Å². The largest absolute Gasteiger partial charge is 0.376 e. The van der Waals surface area contributed by atoms with Crippen LogP contribution in [-0.2, 0) is 0 Å². The van der Waals surface area contributed by atoms with Gasteiger partial charge in [-0.3, -0.25) is 4.98 Å². The van der Waals surface area contributed by atoms with E-state index in [-0.39, 0.29) is 6.04 Å². The number of benzene rings is 1. The van der Waals surface area contributed by atoms with E-state index in [1.54, 1.807) is 18.5 Å². The van der Waals surface area contributed by atoms with E-state index in [1.165, 1.54) is 11.1 Å². The summed E-state index contributed by atoms with van der Waals surface area (Å²) in [5.41, 5.74) is 3.85. The number of hydrogen-bond acceptors (Lipinski definition) is 3. The molecule has 3 nitrogen and oxygen atoms in total. The molecular weight excluding hydrogens is 222 g/mol. The summed E-state index contributed by atoms with van der Waals surface area (Å²) in [7, 11) is 0. The van der Waals surface area contributed by atoms with Crippen LogP contribution >= 0.6 is 0 Å². The third-order valence-electron chi connectivity index (χ3n) is 2.97. The Morgan fingerprint density at radius 3 is 2.78 bits per heavy atom. The van der Waals surface area contributed by atoms with Gasteiger partial charge >= 0.3 is 0 Å². The molecule has 1 unspecified atom stereocenters. The van der Waals surface area contributed by atoms with E-state index in [9.17, 15) is 0 Å². The van der Waals surface area contributed by atoms with E-state index in [0.717, 1.165) is 5.69 Å². The average molecular weight is 237 g/mol. The number of pyridine rings is 1. The number of anilines is 1. The normalized spacial score (nSPS) is 11.6. The number of nitriles is 1. The Balaban J connectivity index is 2.25. The van der Waals surface area contributed by atoms with Crippen molar-refractivity contribution in [2.45, 2.75) is 19.9 Å². The highest BCUT2D eigenvalue weighted by atomic mass is 14.9. The Morgan fingerprint density at radius 2 is 2.06 bits per heavy atom. The quantitative estimate of drug-likeness (QED) is 0.889. The molecule has 1 aromatic carbocycles. The van der Waals surface area contributed by atoms with E-state index in [1.807, 2.05) is 12.1 Å². The first-order chi connectivity index (χ1) is 8.72. The van der Waals surface area contributed by atoms with Gasteiger partial charge in [0, 0.05) is 12.2 Å². The first-order valence-corrected chi connectivity index (χ1v) is 5.88. The lowest BCUT2D eigenvalue weighted by atomic mass is 10.0. The van der Waals surface area contributed by atoms with Crippen molar-refractivity contribution in [3.63, 3.8) is 0 Å². The maximum Gasteiger partial charge on any atom is 0.101 e. The van der Waals surface area contributed by atoms with Crippen molar-refractivity contribution in [3.8, 4) is 6.07 Å². The minimum absolute atomic E-state index is 0.141. The fourth-order valence-corrected chi connectivity index (χ4v) is 1.99. The number of aromatic nitrogens is 1. The van der Waals surface area contributed by atoms with Crippen LogP contribution in [0.25, 0.3) is 0 Å². The van der Waals surface area contributed by atoms with Gasteiger partial charge in [-0.05, 0) is 31.0 Å². The second-order valence-electron chi connectivity index (χ2n) is 4.26. The highest BCUT2D eigenvalue weighted by Crippen LogP contribution is 2.23. The van der Waals surface area contributed by atoms with E-state index in [4.69, 9.17) is 5.26 Å². The lowest BCUT2D eigenvalue weighted by molar-refractivity contribution is 0.871. The van der Waals surface area contributed by atoms with Crippen LogP contribution < -0.4 is 5.32 Å². The molecule has 3 heteroatoms. The molecule has 0 radical (unpaired) electrons. The number of nitrogens with zero attached hydrogens (tertiary/aromatic N) is 2. The molecule has 0 saturated carbocycles. The van der Waals surface area contributed by atoms with Gasteiger partial charge in [-0.15, -0.1) is 0 Å². The predicted octanol–water partition coefficient (Wildman–Crippen LogP) is 3.43. The minimum atomic E-state index is 0.141. The summed E-state index contributed by atoms with van der Waals surface area (Å²) in [6, 6.07) is 12.2. The van der Waals surface area contributed by atoms with E-state index in [2.05, 4.69) is 42.4 Å². The average Bonchev–Trinajstić information content (AvgIpc) is 2.39. The Labute approximate surface area is 107 Å². The van der Waals surface area contributed by atoms with Crippen LogP contribution in [0.4, 0.5) is 5.69 Å². The Kier molecular flexibility index (Phi) is 3.59. The van der Waals surface area contributed by atoms with Crippen molar-refractivity contribution in [3.05, 3.63) is 59.4 Å². The zero-order chi connectivity index (χ0) is 13.0. The SMILES string of the molecule is Cc1ccccc1C(C)Nc1cnccc1C#N. The van der Waals surface area contributed by atoms with Crippen molar-refractivity contribution in [1.29, 1.82) is 5.26 Å². The monoisotopic (exact) mass is 237 g/mol. The van der Waals surface area contributed by atoms with Gasteiger partial charge in [0.25, 0.3) is 0 Å². The Hall–Kier alpha value is -2.34.